The molecule has 1 amide bonds. The minimum absolute atomic E-state index is 0.0324. The number of nitrogens with zero attached hydrogens (tertiary/aromatic N) is 5. The molecule has 0 fully saturated rings. The van der Waals surface area contributed by atoms with Crippen LogP contribution < -0.4 is 16.2 Å². The molecule has 35 heavy (non-hydrogen) atoms. The summed E-state index contributed by atoms with van der Waals surface area (Å²) < 4.78 is 5.75. The van der Waals surface area contributed by atoms with Crippen molar-refractivity contribution in [1.82, 2.24) is 30.1 Å². The lowest BCUT2D eigenvalue weighted by molar-refractivity contribution is 0.0996. The summed E-state index contributed by atoms with van der Waals surface area (Å²) in [6.07, 6.45) is 7.46. The number of anilines is 1. The van der Waals surface area contributed by atoms with E-state index in [0.717, 1.165) is 27.6 Å². The van der Waals surface area contributed by atoms with Gasteiger partial charge in [-0.25, -0.2) is 9.97 Å². The van der Waals surface area contributed by atoms with Crippen molar-refractivity contribution in [2.75, 3.05) is 12.3 Å². The molecule has 0 saturated carbocycles. The standard InChI is InChI=1S/C25H22N8O2/c1-14-4-5-18-17(13-30-33-18)21(14)16-11-20(31-23(22(16)26)24(27)34)19-6-9-29-25(32-19)35-10-7-15-3-2-8-28-12-15/h2-6,8-9,11-13H,7,10,26H2,1H3,(H2,27,34)(H,30,33). The number of pyridine rings is 2. The SMILES string of the molecule is Cc1ccc2[nH]ncc2c1-c1cc(-c2ccnc(OCCc3cccnc3)n2)nc(C(N)=O)c1N. The molecular weight excluding hydrogens is 444 g/mol. The number of fused-ring (bicyclic) bond motifs is 1. The summed E-state index contributed by atoms with van der Waals surface area (Å²) in [6, 6.07) is 11.4. The fraction of sp³-hybridized carbons (Fsp3) is 0.120. The monoisotopic (exact) mass is 466 g/mol. The predicted octanol–water partition coefficient (Wildman–Crippen LogP) is 3.09. The van der Waals surface area contributed by atoms with Gasteiger partial charge in [0.25, 0.3) is 5.91 Å². The first-order valence-electron chi connectivity index (χ1n) is 10.9. The van der Waals surface area contributed by atoms with Crippen molar-refractivity contribution in [3.05, 3.63) is 78.0 Å². The summed E-state index contributed by atoms with van der Waals surface area (Å²) in [5.74, 6) is -0.732. The predicted molar refractivity (Wildman–Crippen MR) is 131 cm³/mol. The zero-order valence-electron chi connectivity index (χ0n) is 18.9. The highest BCUT2D eigenvalue weighted by Crippen LogP contribution is 2.37. The molecule has 10 heteroatoms. The molecular formula is C25H22N8O2. The number of carbonyl (C=O) groups excluding carboxylic acids is 1. The number of primary amides is 1. The molecule has 0 unspecified atom stereocenters. The molecule has 4 aromatic heterocycles. The van der Waals surface area contributed by atoms with E-state index < -0.39 is 5.91 Å². The highest BCUT2D eigenvalue weighted by atomic mass is 16.5. The number of aryl methyl sites for hydroxylation is 1. The summed E-state index contributed by atoms with van der Waals surface area (Å²) in [7, 11) is 0. The first-order valence-corrected chi connectivity index (χ1v) is 10.9. The van der Waals surface area contributed by atoms with Crippen molar-refractivity contribution < 1.29 is 9.53 Å². The van der Waals surface area contributed by atoms with Gasteiger partial charge in [-0.1, -0.05) is 12.1 Å². The Morgan fingerprint density at radius 3 is 2.77 bits per heavy atom. The first-order chi connectivity index (χ1) is 17.0. The Morgan fingerprint density at radius 2 is 1.97 bits per heavy atom. The molecule has 1 aromatic carbocycles. The molecule has 0 bridgehead atoms. The lowest BCUT2D eigenvalue weighted by Gasteiger charge is -2.15. The number of hydrogen-bond acceptors (Lipinski definition) is 8. The fourth-order valence-electron chi connectivity index (χ4n) is 3.92. The second-order valence-electron chi connectivity index (χ2n) is 7.95. The molecule has 0 saturated heterocycles. The van der Waals surface area contributed by atoms with Gasteiger partial charge in [0.1, 0.15) is 0 Å². The molecule has 0 aliphatic rings. The number of nitrogen functional groups attached to an aromatic ring is 1. The second kappa shape index (κ2) is 9.18. The Labute approximate surface area is 200 Å². The summed E-state index contributed by atoms with van der Waals surface area (Å²) in [5, 5.41) is 7.97. The van der Waals surface area contributed by atoms with Gasteiger partial charge in [-0.2, -0.15) is 10.1 Å². The number of H-pyrrole nitrogens is 1. The van der Waals surface area contributed by atoms with E-state index in [2.05, 4.69) is 30.1 Å². The van der Waals surface area contributed by atoms with Crippen LogP contribution in [0.1, 0.15) is 21.6 Å². The minimum atomic E-state index is -0.732. The maximum atomic E-state index is 12.2. The smallest absolute Gasteiger partial charge is 0.316 e. The highest BCUT2D eigenvalue weighted by molar-refractivity contribution is 6.05. The maximum absolute atomic E-state index is 12.2. The molecule has 0 aliphatic carbocycles. The van der Waals surface area contributed by atoms with E-state index >= 15 is 0 Å². The molecule has 0 spiro atoms. The Hall–Kier alpha value is -4.86. The van der Waals surface area contributed by atoms with Crippen LogP contribution in [0.25, 0.3) is 33.4 Å². The summed E-state index contributed by atoms with van der Waals surface area (Å²) in [5.41, 5.74) is 17.4. The Kier molecular flexibility index (Phi) is 5.76. The van der Waals surface area contributed by atoms with Crippen LogP contribution in [-0.2, 0) is 6.42 Å². The number of hydrogen-bond donors (Lipinski definition) is 3. The number of aromatic amines is 1. The number of rotatable bonds is 7. The number of benzene rings is 1. The number of amides is 1. The van der Waals surface area contributed by atoms with Gasteiger partial charge in [-0.05, 0) is 47.9 Å². The van der Waals surface area contributed by atoms with Crippen LogP contribution in [0, 0.1) is 6.92 Å². The molecule has 0 atom stereocenters. The van der Waals surface area contributed by atoms with E-state index in [4.69, 9.17) is 16.2 Å². The van der Waals surface area contributed by atoms with E-state index in [1.54, 1.807) is 36.9 Å². The third kappa shape index (κ3) is 4.36. The van der Waals surface area contributed by atoms with Gasteiger partial charge >= 0.3 is 6.01 Å². The van der Waals surface area contributed by atoms with Gasteiger partial charge in [-0.15, -0.1) is 0 Å². The number of aromatic nitrogens is 6. The molecule has 5 aromatic rings. The van der Waals surface area contributed by atoms with E-state index in [0.29, 0.717) is 30.0 Å². The Morgan fingerprint density at radius 1 is 1.09 bits per heavy atom. The summed E-state index contributed by atoms with van der Waals surface area (Å²) in [4.78, 5) is 29.4. The Bertz CT molecular complexity index is 1530. The van der Waals surface area contributed by atoms with Crippen molar-refractivity contribution in [3.8, 4) is 28.5 Å². The largest absolute Gasteiger partial charge is 0.463 e. The second-order valence-corrected chi connectivity index (χ2v) is 7.95. The molecule has 0 aliphatic heterocycles. The van der Waals surface area contributed by atoms with E-state index in [-0.39, 0.29) is 17.4 Å². The molecule has 174 valence electrons. The fourth-order valence-corrected chi connectivity index (χ4v) is 3.92. The molecule has 5 N–H and O–H groups in total. The van der Waals surface area contributed by atoms with Crippen LogP contribution in [0.15, 0.2) is 61.2 Å². The molecule has 5 rings (SSSR count). The highest BCUT2D eigenvalue weighted by Gasteiger charge is 2.20. The third-order valence-corrected chi connectivity index (χ3v) is 5.63. The molecule has 4 heterocycles. The maximum Gasteiger partial charge on any atom is 0.316 e. The third-order valence-electron chi connectivity index (χ3n) is 5.63. The van der Waals surface area contributed by atoms with Gasteiger partial charge < -0.3 is 16.2 Å². The number of nitrogens with one attached hydrogen (secondary N) is 1. The zero-order chi connectivity index (χ0) is 24.4. The van der Waals surface area contributed by atoms with Crippen molar-refractivity contribution in [3.63, 3.8) is 0 Å². The van der Waals surface area contributed by atoms with E-state index in [9.17, 15) is 4.79 Å². The van der Waals surface area contributed by atoms with Gasteiger partial charge in [0.05, 0.1) is 35.4 Å². The minimum Gasteiger partial charge on any atom is -0.463 e. The number of ether oxygens (including phenoxy) is 1. The lowest BCUT2D eigenvalue weighted by Crippen LogP contribution is -2.17. The van der Waals surface area contributed by atoms with Gasteiger partial charge in [0.15, 0.2) is 5.69 Å². The van der Waals surface area contributed by atoms with Crippen molar-refractivity contribution in [2.24, 2.45) is 5.73 Å². The Balaban J connectivity index is 1.54. The summed E-state index contributed by atoms with van der Waals surface area (Å²) in [6.45, 7) is 2.34. The van der Waals surface area contributed by atoms with Crippen molar-refractivity contribution in [2.45, 2.75) is 13.3 Å². The van der Waals surface area contributed by atoms with Crippen molar-refractivity contribution >= 4 is 22.5 Å². The average molecular weight is 467 g/mol. The normalized spacial score (nSPS) is 11.0. The number of nitrogens with two attached hydrogens (primary N) is 2. The molecule has 10 nitrogen and oxygen atoms in total. The zero-order valence-corrected chi connectivity index (χ0v) is 18.9. The topological polar surface area (TPSA) is 159 Å². The van der Waals surface area contributed by atoms with Gasteiger partial charge in [-0.3, -0.25) is 14.9 Å². The van der Waals surface area contributed by atoms with E-state index in [1.807, 2.05) is 31.2 Å². The number of carbonyl (C=O) groups is 1. The van der Waals surface area contributed by atoms with Crippen molar-refractivity contribution in [1.29, 1.82) is 0 Å². The van der Waals surface area contributed by atoms with E-state index in [1.165, 1.54) is 0 Å². The average Bonchev–Trinajstić information content (AvgIpc) is 3.34. The van der Waals surface area contributed by atoms with Crippen LogP contribution >= 0.6 is 0 Å². The van der Waals surface area contributed by atoms with Crippen LogP contribution in [0.5, 0.6) is 6.01 Å². The first kappa shape index (κ1) is 22.0. The van der Waals surface area contributed by atoms with Gasteiger partial charge in [0.2, 0.25) is 0 Å². The van der Waals surface area contributed by atoms with Crippen LogP contribution in [-0.4, -0.2) is 42.6 Å². The lowest BCUT2D eigenvalue weighted by atomic mass is 9.94. The molecule has 0 radical (unpaired) electrons. The van der Waals surface area contributed by atoms with Crippen LogP contribution in [0.3, 0.4) is 0 Å². The van der Waals surface area contributed by atoms with Crippen LogP contribution in [0.4, 0.5) is 5.69 Å². The summed E-state index contributed by atoms with van der Waals surface area (Å²) >= 11 is 0. The van der Waals surface area contributed by atoms with Crippen LogP contribution in [0.2, 0.25) is 0 Å². The van der Waals surface area contributed by atoms with Gasteiger partial charge in [0, 0.05) is 36.0 Å². The quantitative estimate of drug-likeness (QED) is 0.330.